The molecule has 0 saturated carbocycles. The molecule has 0 N–H and O–H groups in total. The molecule has 10 rings (SSSR count). The number of benzene rings is 10. The first kappa shape index (κ1) is 23.5. The minimum Gasteiger partial charge on any atom is -0.310 e. The summed E-state index contributed by atoms with van der Waals surface area (Å²) in [4.78, 5) is 1.39. The summed E-state index contributed by atoms with van der Waals surface area (Å²) in [6.45, 7) is 0. The lowest BCUT2D eigenvalue weighted by Crippen LogP contribution is -2.10. The largest absolute Gasteiger partial charge is 0.310 e. The molecule has 10 aromatic rings. The Bertz CT molecular complexity index is 3370. The van der Waals surface area contributed by atoms with Crippen LogP contribution in [-0.4, -0.2) is 0 Å². The van der Waals surface area contributed by atoms with Crippen molar-refractivity contribution < 1.29 is 11.0 Å². The number of rotatable bonds is 6. The maximum atomic E-state index is 9.60. The van der Waals surface area contributed by atoms with E-state index in [9.17, 15) is 11.0 Å². The second-order valence-electron chi connectivity index (χ2n) is 13.1. The van der Waals surface area contributed by atoms with Gasteiger partial charge in [0.15, 0.2) is 0 Å². The Balaban J connectivity index is 1.18. The van der Waals surface area contributed by atoms with E-state index in [0.29, 0.717) is 22.2 Å². The van der Waals surface area contributed by atoms with Crippen LogP contribution in [0.1, 0.15) is 11.0 Å². The highest BCUT2D eigenvalue weighted by molar-refractivity contribution is 6.08. The summed E-state index contributed by atoms with van der Waals surface area (Å²) >= 11 is 0. The number of fused-ring (bicyclic) bond motifs is 5. The molecule has 0 spiro atoms. The van der Waals surface area contributed by atoms with E-state index in [-0.39, 0.29) is 70.8 Å². The number of hydrogen-bond donors (Lipinski definition) is 0. The second-order valence-corrected chi connectivity index (χ2v) is 13.1. The van der Waals surface area contributed by atoms with Crippen molar-refractivity contribution in [1.29, 1.82) is 0 Å². The molecule has 0 saturated heterocycles. The molecule has 0 aliphatic carbocycles. The number of anilines is 3. The number of nitrogens with zero attached hydrogens (tertiary/aromatic N) is 1. The van der Waals surface area contributed by atoms with Crippen molar-refractivity contribution in [1.82, 2.24) is 0 Å². The Morgan fingerprint density at radius 1 is 0.302 bits per heavy atom. The standard InChI is InChI=1S/C52H35N/c1-4-17-47-38(10-1)13-8-20-49(47)43-16-7-15-41(34-43)36-24-29-45(30-25-36)53(52-21-9-14-39-11-3-6-19-51(39)52)46-31-26-37(27-32-46)42-28-33-50-44(35-42)23-22-40-12-2-5-18-48(40)50/h1-35H/i24D,25D,26D,27D,29D,30D,31D,32D. The van der Waals surface area contributed by atoms with Crippen LogP contribution in [0.15, 0.2) is 212 Å². The quantitative estimate of drug-likeness (QED) is 0.158. The van der Waals surface area contributed by atoms with Crippen LogP contribution in [0.4, 0.5) is 17.1 Å². The van der Waals surface area contributed by atoms with Gasteiger partial charge in [-0.05, 0) is 113 Å². The first-order chi connectivity index (χ1) is 29.6. The van der Waals surface area contributed by atoms with Crippen LogP contribution in [0, 0.1) is 0 Å². The van der Waals surface area contributed by atoms with Gasteiger partial charge in [-0.15, -0.1) is 0 Å². The maximum absolute atomic E-state index is 9.60. The molecule has 10 aromatic carbocycles. The summed E-state index contributed by atoms with van der Waals surface area (Å²) in [5.41, 5.74) is 3.08. The van der Waals surface area contributed by atoms with Gasteiger partial charge in [0.2, 0.25) is 0 Å². The minimum atomic E-state index is -0.387. The lowest BCUT2D eigenvalue weighted by Gasteiger charge is -2.27. The molecule has 0 radical (unpaired) electrons. The predicted octanol–water partition coefficient (Wildman–Crippen LogP) is 14.8. The van der Waals surface area contributed by atoms with Crippen molar-refractivity contribution >= 4 is 60.2 Å². The number of hydrogen-bond acceptors (Lipinski definition) is 1. The smallest absolute Gasteiger partial charge is 0.0645 e. The van der Waals surface area contributed by atoms with Crippen LogP contribution in [-0.2, 0) is 0 Å². The Hall–Kier alpha value is -6.96. The van der Waals surface area contributed by atoms with Crippen LogP contribution >= 0.6 is 0 Å². The summed E-state index contributed by atoms with van der Waals surface area (Å²) in [5.74, 6) is 0. The van der Waals surface area contributed by atoms with Crippen LogP contribution in [0.3, 0.4) is 0 Å². The molecule has 0 atom stereocenters. The summed E-state index contributed by atoms with van der Waals surface area (Å²) in [6.07, 6.45) is 0. The van der Waals surface area contributed by atoms with Gasteiger partial charge in [0.05, 0.1) is 16.7 Å². The fourth-order valence-electron chi connectivity index (χ4n) is 7.37. The Morgan fingerprint density at radius 2 is 0.792 bits per heavy atom. The molecule has 0 bridgehead atoms. The molecule has 0 unspecified atom stereocenters. The van der Waals surface area contributed by atoms with Crippen molar-refractivity contribution in [2.75, 3.05) is 4.90 Å². The third kappa shape index (κ3) is 5.60. The topological polar surface area (TPSA) is 3.24 Å². The molecular formula is C52H35N. The van der Waals surface area contributed by atoms with Crippen molar-refractivity contribution in [2.45, 2.75) is 0 Å². The first-order valence-corrected chi connectivity index (χ1v) is 17.6. The van der Waals surface area contributed by atoms with Crippen LogP contribution < -0.4 is 4.90 Å². The Morgan fingerprint density at radius 3 is 1.51 bits per heavy atom. The van der Waals surface area contributed by atoms with Gasteiger partial charge in [0, 0.05) is 16.8 Å². The molecule has 0 aromatic heterocycles. The van der Waals surface area contributed by atoms with Crippen molar-refractivity contribution in [3.8, 4) is 33.4 Å². The van der Waals surface area contributed by atoms with E-state index in [1.54, 1.807) is 18.2 Å². The average molecular weight is 682 g/mol. The van der Waals surface area contributed by atoms with E-state index in [0.717, 1.165) is 48.8 Å². The molecule has 0 heterocycles. The van der Waals surface area contributed by atoms with E-state index in [2.05, 4.69) is 0 Å². The third-order valence-electron chi connectivity index (χ3n) is 9.96. The van der Waals surface area contributed by atoms with E-state index in [4.69, 9.17) is 0 Å². The summed E-state index contributed by atoms with van der Waals surface area (Å²) in [7, 11) is 0. The summed E-state index contributed by atoms with van der Waals surface area (Å²) in [5, 5.41) is 7.62. The fraction of sp³-hybridized carbons (Fsp3) is 0. The highest BCUT2D eigenvalue weighted by Gasteiger charge is 2.16. The fourth-order valence-corrected chi connectivity index (χ4v) is 7.37. The zero-order valence-corrected chi connectivity index (χ0v) is 28.5. The predicted molar refractivity (Wildman–Crippen MR) is 227 cm³/mol. The molecule has 1 heteroatoms. The van der Waals surface area contributed by atoms with Crippen molar-refractivity contribution in [3.05, 3.63) is 212 Å². The zero-order valence-electron chi connectivity index (χ0n) is 36.5. The average Bonchev–Trinajstić information content (AvgIpc) is 3.29. The van der Waals surface area contributed by atoms with Gasteiger partial charge in [-0.25, -0.2) is 0 Å². The van der Waals surface area contributed by atoms with Gasteiger partial charge in [0.1, 0.15) is 0 Å². The minimum absolute atomic E-state index is 0.109. The third-order valence-corrected chi connectivity index (χ3v) is 9.96. The van der Waals surface area contributed by atoms with Gasteiger partial charge in [-0.1, -0.05) is 170 Å². The normalized spacial score (nSPS) is 13.5. The first-order valence-electron chi connectivity index (χ1n) is 21.6. The summed E-state index contributed by atoms with van der Waals surface area (Å²) < 4.78 is 76.1. The van der Waals surface area contributed by atoms with Crippen LogP contribution in [0.2, 0.25) is 0 Å². The van der Waals surface area contributed by atoms with Crippen LogP contribution in [0.25, 0.3) is 76.5 Å². The highest BCUT2D eigenvalue weighted by atomic mass is 15.1. The van der Waals surface area contributed by atoms with E-state index < -0.39 is 0 Å². The molecule has 0 amide bonds. The van der Waals surface area contributed by atoms with E-state index in [1.807, 2.05) is 146 Å². The summed E-state index contributed by atoms with van der Waals surface area (Å²) in [6, 6.07) is 49.5. The van der Waals surface area contributed by atoms with Gasteiger partial charge in [-0.3, -0.25) is 0 Å². The second kappa shape index (κ2) is 13.0. The molecule has 0 fully saturated rings. The van der Waals surface area contributed by atoms with E-state index in [1.165, 1.54) is 4.90 Å². The SMILES string of the molecule is [2H]c1c([2H])c(N(c2c([2H])c([2H])c(-c3ccc4c(ccc5ccccc54)c3)c([2H])c2[2H])c2cccc3ccccc23)c([2H])c([2H])c1-c1cccc(-c2cccc3ccccc23)c1. The molecule has 1 nitrogen and oxygen atoms in total. The van der Waals surface area contributed by atoms with Crippen molar-refractivity contribution in [2.24, 2.45) is 0 Å². The van der Waals surface area contributed by atoms with Gasteiger partial charge >= 0.3 is 0 Å². The van der Waals surface area contributed by atoms with Gasteiger partial charge in [0.25, 0.3) is 0 Å². The van der Waals surface area contributed by atoms with Gasteiger partial charge < -0.3 is 4.90 Å². The molecule has 0 aliphatic rings. The molecular weight excluding hydrogens is 639 g/mol. The Labute approximate surface area is 320 Å². The molecule has 0 aliphatic heterocycles. The zero-order chi connectivity index (χ0) is 42.1. The Kier molecular flexibility index (Phi) is 5.76. The van der Waals surface area contributed by atoms with Crippen LogP contribution in [0.5, 0.6) is 0 Å². The van der Waals surface area contributed by atoms with Crippen molar-refractivity contribution in [3.63, 3.8) is 0 Å². The monoisotopic (exact) mass is 681 g/mol. The molecule has 53 heavy (non-hydrogen) atoms. The van der Waals surface area contributed by atoms with E-state index >= 15 is 0 Å². The maximum Gasteiger partial charge on any atom is 0.0645 e. The van der Waals surface area contributed by atoms with Gasteiger partial charge in [-0.2, -0.15) is 0 Å². The molecule has 248 valence electrons. The lowest BCUT2D eigenvalue weighted by atomic mass is 9.95. The highest BCUT2D eigenvalue weighted by Crippen LogP contribution is 2.41. The lowest BCUT2D eigenvalue weighted by molar-refractivity contribution is 1.30.